The van der Waals surface area contributed by atoms with Gasteiger partial charge in [0.25, 0.3) is 11.8 Å². The van der Waals surface area contributed by atoms with E-state index in [1.807, 2.05) is 6.07 Å². The summed E-state index contributed by atoms with van der Waals surface area (Å²) in [6, 6.07) is 15.2. The molecule has 7 heteroatoms. The highest BCUT2D eigenvalue weighted by atomic mass is 16.7. The molecule has 2 aromatic carbocycles. The van der Waals surface area contributed by atoms with E-state index < -0.39 is 17.8 Å². The number of hydrogen-bond acceptors (Lipinski definition) is 6. The number of imide groups is 1. The number of fused-ring (bicyclic) bond motifs is 1. The van der Waals surface area contributed by atoms with Crippen LogP contribution in [-0.4, -0.2) is 28.0 Å². The van der Waals surface area contributed by atoms with Gasteiger partial charge in [0.05, 0.1) is 16.8 Å². The second-order valence-corrected chi connectivity index (χ2v) is 5.67. The minimum Gasteiger partial charge on any atom is -0.355 e. The number of benzene rings is 2. The van der Waals surface area contributed by atoms with Crippen LogP contribution in [0.4, 0.5) is 0 Å². The van der Waals surface area contributed by atoms with Crippen LogP contribution in [0.3, 0.4) is 0 Å². The lowest BCUT2D eigenvalue weighted by atomic mass is 10.1. The van der Waals surface area contributed by atoms with E-state index in [1.165, 1.54) is 12.1 Å². The summed E-state index contributed by atoms with van der Waals surface area (Å²) in [5.41, 5.74) is 1.37. The van der Waals surface area contributed by atoms with E-state index >= 15 is 0 Å². The highest BCUT2D eigenvalue weighted by Crippen LogP contribution is 2.28. The van der Waals surface area contributed by atoms with Crippen LogP contribution in [0.15, 0.2) is 59.1 Å². The molecular formula is C19H12N2O5. The Morgan fingerprint density at radius 1 is 0.962 bits per heavy atom. The van der Waals surface area contributed by atoms with Gasteiger partial charge in [-0.1, -0.05) is 52.7 Å². The third-order valence-electron chi connectivity index (χ3n) is 4.03. The van der Waals surface area contributed by atoms with Crippen LogP contribution < -0.4 is 0 Å². The molecule has 0 bridgehead atoms. The van der Waals surface area contributed by atoms with Gasteiger partial charge in [0.15, 0.2) is 5.76 Å². The lowest BCUT2D eigenvalue weighted by Crippen LogP contribution is -2.32. The number of aromatic nitrogens is 1. The van der Waals surface area contributed by atoms with E-state index in [0.29, 0.717) is 16.3 Å². The lowest BCUT2D eigenvalue weighted by molar-refractivity contribution is -0.0584. The smallest absolute Gasteiger partial charge is 0.355 e. The van der Waals surface area contributed by atoms with Crippen LogP contribution in [0.2, 0.25) is 0 Å². The van der Waals surface area contributed by atoms with Gasteiger partial charge in [-0.2, -0.15) is 0 Å². The predicted octanol–water partition coefficient (Wildman–Crippen LogP) is 3.02. The number of aryl methyl sites for hydroxylation is 1. The molecule has 0 saturated heterocycles. The molecule has 2 heterocycles. The first kappa shape index (κ1) is 15.8. The SMILES string of the molecule is Cc1noc(-c2ccccc2)c1C(=O)ON1C(=O)c2ccccc2C1=O. The van der Waals surface area contributed by atoms with Crippen molar-refractivity contribution >= 4 is 17.8 Å². The Hall–Kier alpha value is -3.74. The number of carbonyl (C=O) groups excluding carboxylic acids is 3. The van der Waals surface area contributed by atoms with Crippen molar-refractivity contribution in [2.45, 2.75) is 6.92 Å². The first-order valence-corrected chi connectivity index (χ1v) is 7.79. The molecule has 3 aromatic rings. The summed E-state index contributed by atoms with van der Waals surface area (Å²) in [7, 11) is 0. The molecule has 0 atom stereocenters. The molecule has 26 heavy (non-hydrogen) atoms. The van der Waals surface area contributed by atoms with Crippen LogP contribution in [0.25, 0.3) is 11.3 Å². The number of carbonyl (C=O) groups is 3. The summed E-state index contributed by atoms with van der Waals surface area (Å²) in [5, 5.41) is 4.27. The summed E-state index contributed by atoms with van der Waals surface area (Å²) in [6.45, 7) is 1.58. The maximum atomic E-state index is 12.7. The first-order chi connectivity index (χ1) is 12.6. The fourth-order valence-corrected chi connectivity index (χ4v) is 2.78. The summed E-state index contributed by atoms with van der Waals surface area (Å²) in [6.07, 6.45) is 0. The number of nitrogens with zero attached hydrogens (tertiary/aromatic N) is 2. The minimum absolute atomic E-state index is 0.0627. The fourth-order valence-electron chi connectivity index (χ4n) is 2.78. The van der Waals surface area contributed by atoms with Crippen molar-refractivity contribution in [1.82, 2.24) is 10.2 Å². The normalized spacial score (nSPS) is 13.0. The third kappa shape index (κ3) is 2.37. The molecular weight excluding hydrogens is 336 g/mol. The Kier molecular flexibility index (Phi) is 3.62. The van der Waals surface area contributed by atoms with Crippen LogP contribution in [0.1, 0.15) is 36.8 Å². The molecule has 0 saturated carbocycles. The van der Waals surface area contributed by atoms with Gasteiger partial charge in [-0.15, -0.1) is 0 Å². The van der Waals surface area contributed by atoms with Gasteiger partial charge in [-0.3, -0.25) is 9.59 Å². The molecule has 1 aliphatic heterocycles. The molecule has 1 aromatic heterocycles. The highest BCUT2D eigenvalue weighted by molar-refractivity contribution is 6.21. The Morgan fingerprint density at radius 2 is 1.54 bits per heavy atom. The van der Waals surface area contributed by atoms with Gasteiger partial charge in [0.1, 0.15) is 5.56 Å². The largest absolute Gasteiger partial charge is 0.369 e. The molecule has 0 radical (unpaired) electrons. The number of rotatable bonds is 3. The summed E-state index contributed by atoms with van der Waals surface area (Å²) in [5.74, 6) is -2.05. The van der Waals surface area contributed by atoms with E-state index in [-0.39, 0.29) is 22.5 Å². The van der Waals surface area contributed by atoms with E-state index in [2.05, 4.69) is 5.16 Å². The minimum atomic E-state index is -0.892. The van der Waals surface area contributed by atoms with E-state index in [4.69, 9.17) is 9.36 Å². The van der Waals surface area contributed by atoms with Crippen LogP contribution in [0.5, 0.6) is 0 Å². The maximum Gasteiger partial charge on any atom is 0.369 e. The number of hydrogen-bond donors (Lipinski definition) is 0. The van der Waals surface area contributed by atoms with Crippen molar-refractivity contribution in [1.29, 1.82) is 0 Å². The van der Waals surface area contributed by atoms with Crippen LogP contribution >= 0.6 is 0 Å². The molecule has 0 unspecified atom stereocenters. The Balaban J connectivity index is 1.66. The van der Waals surface area contributed by atoms with Gasteiger partial charge in [0, 0.05) is 5.56 Å². The quantitative estimate of drug-likeness (QED) is 0.676. The molecule has 1 aliphatic rings. The highest BCUT2D eigenvalue weighted by Gasteiger charge is 2.39. The van der Waals surface area contributed by atoms with Gasteiger partial charge in [-0.25, -0.2) is 4.79 Å². The van der Waals surface area contributed by atoms with Crippen LogP contribution in [0, 0.1) is 6.92 Å². The van der Waals surface area contributed by atoms with Crippen molar-refractivity contribution in [3.05, 3.63) is 77.0 Å². The second-order valence-electron chi connectivity index (χ2n) is 5.67. The van der Waals surface area contributed by atoms with E-state index in [0.717, 1.165) is 0 Å². The maximum absolute atomic E-state index is 12.7. The molecule has 7 nitrogen and oxygen atoms in total. The van der Waals surface area contributed by atoms with Crippen molar-refractivity contribution in [2.75, 3.05) is 0 Å². The van der Waals surface area contributed by atoms with Crippen LogP contribution in [-0.2, 0) is 4.84 Å². The Labute approximate surface area is 147 Å². The topological polar surface area (TPSA) is 89.7 Å². The number of amides is 2. The van der Waals surface area contributed by atoms with Gasteiger partial charge < -0.3 is 9.36 Å². The lowest BCUT2D eigenvalue weighted by Gasteiger charge is -2.12. The van der Waals surface area contributed by atoms with Gasteiger partial charge >= 0.3 is 5.97 Å². The van der Waals surface area contributed by atoms with Crippen molar-refractivity contribution < 1.29 is 23.7 Å². The molecule has 0 N–H and O–H groups in total. The summed E-state index contributed by atoms with van der Waals surface area (Å²) < 4.78 is 5.24. The molecule has 0 spiro atoms. The average Bonchev–Trinajstić information content (AvgIpc) is 3.16. The molecule has 2 amide bonds. The molecule has 0 fully saturated rings. The Morgan fingerprint density at radius 3 is 2.15 bits per heavy atom. The van der Waals surface area contributed by atoms with Gasteiger partial charge in [-0.05, 0) is 19.1 Å². The van der Waals surface area contributed by atoms with Crippen molar-refractivity contribution in [3.8, 4) is 11.3 Å². The predicted molar refractivity (Wildman–Crippen MR) is 89.0 cm³/mol. The van der Waals surface area contributed by atoms with Gasteiger partial charge in [0.2, 0.25) is 0 Å². The molecule has 128 valence electrons. The van der Waals surface area contributed by atoms with E-state index in [1.54, 1.807) is 43.3 Å². The summed E-state index contributed by atoms with van der Waals surface area (Å²) in [4.78, 5) is 42.4. The first-order valence-electron chi connectivity index (χ1n) is 7.79. The fraction of sp³-hybridized carbons (Fsp3) is 0.0526. The second kappa shape index (κ2) is 5.96. The van der Waals surface area contributed by atoms with E-state index in [9.17, 15) is 14.4 Å². The zero-order chi connectivity index (χ0) is 18.3. The standard InChI is InChI=1S/C19H12N2O5/c1-11-15(16(25-20-11)12-7-3-2-4-8-12)19(24)26-21-17(22)13-9-5-6-10-14(13)18(21)23/h2-10H,1H3. The molecule has 4 rings (SSSR count). The zero-order valence-corrected chi connectivity index (χ0v) is 13.6. The summed E-state index contributed by atoms with van der Waals surface area (Å²) >= 11 is 0. The number of hydroxylamine groups is 2. The monoisotopic (exact) mass is 348 g/mol. The third-order valence-corrected chi connectivity index (χ3v) is 4.03. The average molecular weight is 348 g/mol. The van der Waals surface area contributed by atoms with Crippen molar-refractivity contribution in [2.24, 2.45) is 0 Å². The van der Waals surface area contributed by atoms with Crippen molar-refractivity contribution in [3.63, 3.8) is 0 Å². The Bertz CT molecular complexity index is 1000. The zero-order valence-electron chi connectivity index (χ0n) is 13.6. The molecule has 0 aliphatic carbocycles.